The molecule has 0 radical (unpaired) electrons. The van der Waals surface area contributed by atoms with E-state index >= 15 is 0 Å². The van der Waals surface area contributed by atoms with E-state index in [1.54, 1.807) is 0 Å². The lowest BCUT2D eigenvalue weighted by Gasteiger charge is -1.97. The molecule has 1 rings (SSSR count). The van der Waals surface area contributed by atoms with Gasteiger partial charge in [0.05, 0.1) is 12.2 Å². The van der Waals surface area contributed by atoms with E-state index in [0.29, 0.717) is 5.95 Å². The smallest absolute Gasteiger partial charge is 0.338 e. The highest BCUT2D eigenvalue weighted by Gasteiger charge is 2.05. The lowest BCUT2D eigenvalue weighted by atomic mass is 10.2. The van der Waals surface area contributed by atoms with Crippen LogP contribution in [-0.4, -0.2) is 22.5 Å². The highest BCUT2D eigenvalue weighted by molar-refractivity contribution is 5.69. The van der Waals surface area contributed by atoms with Crippen molar-refractivity contribution in [2.45, 2.75) is 26.2 Å². The average Bonchev–Trinajstić information content (AvgIpc) is 2.53. The molecule has 0 aliphatic rings. The maximum Gasteiger partial charge on any atom is 0.338 e. The van der Waals surface area contributed by atoms with Crippen molar-refractivity contribution in [1.29, 1.82) is 0 Å². The number of hydrogen-bond donors (Lipinski definition) is 5. The normalized spacial score (nSPS) is 10.2. The van der Waals surface area contributed by atoms with Gasteiger partial charge < -0.3 is 10.7 Å². The Bertz CT molecular complexity index is 336. The topological polar surface area (TPSA) is 121 Å². The number of nitrogen functional groups attached to an aromatic ring is 1. The number of rotatable bonds is 5. The molecule has 8 N–H and O–H groups in total. The monoisotopic (exact) mass is 211 g/mol. The predicted octanol–water partition coefficient (Wildman–Crippen LogP) is -2.16. The summed E-state index contributed by atoms with van der Waals surface area (Å²) in [6.07, 6.45) is 2.72. The molecule has 0 bridgehead atoms. The molecule has 0 saturated heterocycles. The summed E-state index contributed by atoms with van der Waals surface area (Å²) in [6, 6.07) is 0. The highest BCUT2D eigenvalue weighted by atomic mass is 15.0. The van der Waals surface area contributed by atoms with E-state index in [1.165, 1.54) is 0 Å². The first kappa shape index (κ1) is 11.4. The van der Waals surface area contributed by atoms with Crippen LogP contribution in [0, 0.1) is 0 Å². The molecule has 1 aromatic rings. The maximum absolute atomic E-state index is 5.58. The van der Waals surface area contributed by atoms with Gasteiger partial charge in [-0.25, -0.2) is 4.98 Å². The van der Waals surface area contributed by atoms with Crippen LogP contribution in [-0.2, 0) is 12.8 Å². The maximum atomic E-state index is 5.58. The Kier molecular flexibility index (Phi) is 3.96. The quantitative estimate of drug-likeness (QED) is 0.216. The van der Waals surface area contributed by atoms with E-state index in [1.807, 2.05) is 0 Å². The summed E-state index contributed by atoms with van der Waals surface area (Å²) >= 11 is 0. The van der Waals surface area contributed by atoms with E-state index in [2.05, 4.69) is 21.9 Å². The first-order valence-corrected chi connectivity index (χ1v) is 5.08. The van der Waals surface area contributed by atoms with Crippen molar-refractivity contribution in [1.82, 2.24) is 9.97 Å². The standard InChI is InChI=1S/C9H18N6/c1-2-6-7(15-9(12)14-6)4-3-5-13-8(10)11/h2-5H2,1H3,(H4,10,11,13)(H3,12,14,15)/p+1. The van der Waals surface area contributed by atoms with E-state index in [9.17, 15) is 0 Å². The summed E-state index contributed by atoms with van der Waals surface area (Å²) in [6.45, 7) is 2.81. The molecule has 15 heavy (non-hydrogen) atoms. The molecule has 0 saturated carbocycles. The van der Waals surface area contributed by atoms with Gasteiger partial charge in [0.25, 0.3) is 0 Å². The molecule has 0 atom stereocenters. The zero-order valence-corrected chi connectivity index (χ0v) is 9.01. The van der Waals surface area contributed by atoms with Crippen LogP contribution in [0.25, 0.3) is 0 Å². The number of imidazole rings is 1. The van der Waals surface area contributed by atoms with Gasteiger partial charge in [0.2, 0.25) is 0 Å². The zero-order chi connectivity index (χ0) is 11.3. The Morgan fingerprint density at radius 3 is 2.80 bits per heavy atom. The van der Waals surface area contributed by atoms with Crippen LogP contribution in [0.5, 0.6) is 0 Å². The Morgan fingerprint density at radius 2 is 2.20 bits per heavy atom. The van der Waals surface area contributed by atoms with Gasteiger partial charge >= 0.3 is 5.96 Å². The molecule has 84 valence electrons. The molecule has 0 fully saturated rings. The molecule has 6 nitrogen and oxygen atoms in total. The molecular formula is C9H19N6+. The Hall–Kier alpha value is -1.72. The minimum Gasteiger partial charge on any atom is -0.369 e. The van der Waals surface area contributed by atoms with Gasteiger partial charge in [0.15, 0.2) is 5.95 Å². The third-order valence-corrected chi connectivity index (χ3v) is 2.15. The highest BCUT2D eigenvalue weighted by Crippen LogP contribution is 2.09. The summed E-state index contributed by atoms with van der Waals surface area (Å²) in [4.78, 5) is 10.1. The third-order valence-electron chi connectivity index (χ3n) is 2.15. The number of nitrogens with two attached hydrogens (primary N) is 3. The zero-order valence-electron chi connectivity index (χ0n) is 9.01. The van der Waals surface area contributed by atoms with Crippen LogP contribution < -0.4 is 22.2 Å². The molecule has 0 aliphatic heterocycles. The van der Waals surface area contributed by atoms with Crippen LogP contribution in [0.3, 0.4) is 0 Å². The number of aryl methyl sites for hydroxylation is 2. The van der Waals surface area contributed by atoms with Gasteiger partial charge in [-0.2, -0.15) is 0 Å². The summed E-state index contributed by atoms with van der Waals surface area (Å²) < 4.78 is 0. The Labute approximate surface area is 89.0 Å². The number of aromatic nitrogens is 2. The number of nitrogens with zero attached hydrogens (tertiary/aromatic N) is 1. The second-order valence-corrected chi connectivity index (χ2v) is 3.39. The fourth-order valence-corrected chi connectivity index (χ4v) is 1.46. The molecule has 0 spiro atoms. The first-order valence-electron chi connectivity index (χ1n) is 5.08. The second-order valence-electron chi connectivity index (χ2n) is 3.39. The molecule has 1 heterocycles. The molecule has 0 amide bonds. The van der Waals surface area contributed by atoms with E-state index < -0.39 is 0 Å². The molecule has 1 aromatic heterocycles. The number of H-pyrrole nitrogens is 1. The number of hydrogen-bond acceptors (Lipinski definition) is 2. The lowest BCUT2D eigenvalue weighted by Crippen LogP contribution is -2.78. The second kappa shape index (κ2) is 5.23. The largest absolute Gasteiger partial charge is 0.369 e. The van der Waals surface area contributed by atoms with Gasteiger partial charge in [0, 0.05) is 5.69 Å². The van der Waals surface area contributed by atoms with Crippen molar-refractivity contribution in [2.24, 2.45) is 11.5 Å². The van der Waals surface area contributed by atoms with Crippen LogP contribution in [0.2, 0.25) is 0 Å². The van der Waals surface area contributed by atoms with Gasteiger partial charge in [-0.3, -0.25) is 16.5 Å². The third kappa shape index (κ3) is 3.49. The summed E-state index contributed by atoms with van der Waals surface area (Å²) in [5.74, 6) is 0.745. The number of aromatic amines is 1. The molecular weight excluding hydrogens is 192 g/mol. The Balaban J connectivity index is 2.46. The van der Waals surface area contributed by atoms with Crippen molar-refractivity contribution in [3.05, 3.63) is 11.4 Å². The Morgan fingerprint density at radius 1 is 1.47 bits per heavy atom. The molecule has 0 unspecified atom stereocenters. The van der Waals surface area contributed by atoms with Gasteiger partial charge in [-0.1, -0.05) is 6.92 Å². The fraction of sp³-hybridized carbons (Fsp3) is 0.556. The van der Waals surface area contributed by atoms with Crippen LogP contribution >= 0.6 is 0 Å². The van der Waals surface area contributed by atoms with Crippen molar-refractivity contribution in [2.75, 3.05) is 12.3 Å². The number of nitrogens with one attached hydrogen (secondary N) is 2. The number of guanidine groups is 1. The van der Waals surface area contributed by atoms with E-state index in [-0.39, 0.29) is 5.96 Å². The van der Waals surface area contributed by atoms with Crippen molar-refractivity contribution < 1.29 is 4.99 Å². The van der Waals surface area contributed by atoms with E-state index in [0.717, 1.165) is 37.2 Å². The molecule has 0 aliphatic carbocycles. The molecule has 6 heteroatoms. The average molecular weight is 211 g/mol. The summed E-state index contributed by atoms with van der Waals surface area (Å²) in [5.41, 5.74) is 18.3. The van der Waals surface area contributed by atoms with Crippen molar-refractivity contribution in [3.63, 3.8) is 0 Å². The van der Waals surface area contributed by atoms with Gasteiger partial charge in [-0.05, 0) is 19.3 Å². The number of anilines is 1. The minimum absolute atomic E-state index is 0.259. The van der Waals surface area contributed by atoms with Gasteiger partial charge in [0.1, 0.15) is 0 Å². The predicted molar refractivity (Wildman–Crippen MR) is 59.9 cm³/mol. The fourth-order valence-electron chi connectivity index (χ4n) is 1.46. The van der Waals surface area contributed by atoms with Crippen LogP contribution in [0.1, 0.15) is 24.7 Å². The van der Waals surface area contributed by atoms with E-state index in [4.69, 9.17) is 17.2 Å². The van der Waals surface area contributed by atoms with Crippen LogP contribution in [0.15, 0.2) is 0 Å². The summed E-state index contributed by atoms with van der Waals surface area (Å²) in [5, 5.41) is 0. The van der Waals surface area contributed by atoms with Gasteiger partial charge in [-0.15, -0.1) is 0 Å². The van der Waals surface area contributed by atoms with Crippen molar-refractivity contribution in [3.8, 4) is 0 Å². The van der Waals surface area contributed by atoms with Crippen molar-refractivity contribution >= 4 is 11.9 Å². The SMILES string of the molecule is CCc1nc(N)[nH]c1CCC[NH+]=C(N)N. The molecule has 0 aromatic carbocycles. The lowest BCUT2D eigenvalue weighted by molar-refractivity contribution is -0.459. The first-order chi connectivity index (χ1) is 7.13. The minimum atomic E-state index is 0.259. The summed E-state index contributed by atoms with van der Waals surface area (Å²) in [7, 11) is 0. The van der Waals surface area contributed by atoms with Crippen LogP contribution in [0.4, 0.5) is 5.95 Å².